The third kappa shape index (κ3) is 4.83. The van der Waals surface area contributed by atoms with Gasteiger partial charge in [-0.2, -0.15) is 0 Å². The highest BCUT2D eigenvalue weighted by molar-refractivity contribution is 5.79. The van der Waals surface area contributed by atoms with E-state index in [0.29, 0.717) is 23.8 Å². The Morgan fingerprint density at radius 3 is 2.71 bits per heavy atom. The minimum absolute atomic E-state index is 0.0734. The number of ether oxygens (including phenoxy) is 1. The van der Waals surface area contributed by atoms with Gasteiger partial charge in [-0.25, -0.2) is 4.79 Å². The number of nitrogens with two attached hydrogens (primary N) is 1. The number of carbonyl (C=O) groups is 1. The lowest BCUT2D eigenvalue weighted by Gasteiger charge is -2.21. The van der Waals surface area contributed by atoms with E-state index in [2.05, 4.69) is 13.8 Å². The summed E-state index contributed by atoms with van der Waals surface area (Å²) in [5.41, 5.74) is 6.00. The fraction of sp³-hybridized carbons (Fsp3) is 0.444. The second-order valence-electron chi connectivity index (χ2n) is 6.25. The van der Waals surface area contributed by atoms with E-state index in [4.69, 9.17) is 14.9 Å². The van der Waals surface area contributed by atoms with Gasteiger partial charge < -0.3 is 19.8 Å². The number of hydrogen-bond donors (Lipinski definition) is 1. The van der Waals surface area contributed by atoms with E-state index < -0.39 is 5.63 Å². The zero-order valence-electron chi connectivity index (χ0n) is 14.3. The van der Waals surface area contributed by atoms with Crippen LogP contribution >= 0.6 is 0 Å². The van der Waals surface area contributed by atoms with Crippen LogP contribution in [0.1, 0.15) is 20.3 Å². The highest BCUT2D eigenvalue weighted by Crippen LogP contribution is 2.19. The van der Waals surface area contributed by atoms with E-state index in [1.165, 1.54) is 6.07 Å². The molecule has 6 nitrogen and oxygen atoms in total. The smallest absolute Gasteiger partial charge is 0.336 e. The van der Waals surface area contributed by atoms with Gasteiger partial charge in [0.2, 0.25) is 0 Å². The zero-order chi connectivity index (χ0) is 17.7. The molecular formula is C18H24N2O4. The Morgan fingerprint density at radius 2 is 2.00 bits per heavy atom. The molecule has 24 heavy (non-hydrogen) atoms. The maximum Gasteiger partial charge on any atom is 0.336 e. The topological polar surface area (TPSA) is 85.8 Å². The quantitative estimate of drug-likeness (QED) is 0.784. The van der Waals surface area contributed by atoms with Crippen molar-refractivity contribution in [2.75, 3.05) is 20.2 Å². The number of fused-ring (bicyclic) bond motifs is 1. The number of benzene rings is 1. The van der Waals surface area contributed by atoms with Gasteiger partial charge in [0.25, 0.3) is 5.91 Å². The van der Waals surface area contributed by atoms with Crippen molar-refractivity contribution < 1.29 is 13.9 Å². The van der Waals surface area contributed by atoms with E-state index in [1.807, 2.05) is 0 Å². The first-order valence-corrected chi connectivity index (χ1v) is 8.03. The molecule has 2 aromatic rings. The van der Waals surface area contributed by atoms with E-state index in [0.717, 1.165) is 11.8 Å². The molecule has 0 saturated carbocycles. The predicted octanol–water partition coefficient (Wildman–Crippen LogP) is 2.00. The molecule has 0 aliphatic heterocycles. The Labute approximate surface area is 141 Å². The maximum absolute atomic E-state index is 12.1. The molecule has 1 aromatic heterocycles. The van der Waals surface area contributed by atoms with Crippen molar-refractivity contribution in [1.82, 2.24) is 4.90 Å². The van der Waals surface area contributed by atoms with Gasteiger partial charge in [-0.05, 0) is 30.5 Å². The van der Waals surface area contributed by atoms with E-state index in [1.54, 1.807) is 36.2 Å². The minimum Gasteiger partial charge on any atom is -0.484 e. The second-order valence-corrected chi connectivity index (χ2v) is 6.25. The number of carbonyl (C=O) groups excluding carboxylic acids is 1. The third-order valence-corrected chi connectivity index (χ3v) is 4.04. The van der Waals surface area contributed by atoms with Crippen molar-refractivity contribution in [3.8, 4) is 5.75 Å². The number of hydrogen-bond acceptors (Lipinski definition) is 5. The molecule has 0 radical (unpaired) electrons. The number of nitrogens with zero attached hydrogens (tertiary/aromatic N) is 1. The summed E-state index contributed by atoms with van der Waals surface area (Å²) in [6, 6.07) is 8.25. The van der Waals surface area contributed by atoms with Crippen molar-refractivity contribution in [3.63, 3.8) is 0 Å². The van der Waals surface area contributed by atoms with Crippen LogP contribution in [0.3, 0.4) is 0 Å². The van der Waals surface area contributed by atoms with Gasteiger partial charge >= 0.3 is 5.63 Å². The predicted molar refractivity (Wildman–Crippen MR) is 93.0 cm³/mol. The Kier molecular flexibility index (Phi) is 5.98. The normalized spacial score (nSPS) is 12.4. The van der Waals surface area contributed by atoms with Crippen LogP contribution in [0.2, 0.25) is 0 Å². The lowest BCUT2D eigenvalue weighted by atomic mass is 10.0. The van der Waals surface area contributed by atoms with E-state index >= 15 is 0 Å². The second kappa shape index (κ2) is 7.97. The lowest BCUT2D eigenvalue weighted by Crippen LogP contribution is -2.36. The molecule has 1 aromatic carbocycles. The third-order valence-electron chi connectivity index (χ3n) is 4.04. The van der Waals surface area contributed by atoms with Crippen LogP contribution in [-0.4, -0.2) is 37.0 Å². The summed E-state index contributed by atoms with van der Waals surface area (Å²) in [7, 11) is 1.73. The molecule has 6 heteroatoms. The number of likely N-dealkylation sites (N-methyl/N-ethyl adjacent to an activating group) is 1. The zero-order valence-corrected chi connectivity index (χ0v) is 14.3. The van der Waals surface area contributed by atoms with Gasteiger partial charge in [-0.3, -0.25) is 4.79 Å². The first-order valence-electron chi connectivity index (χ1n) is 8.03. The van der Waals surface area contributed by atoms with Gasteiger partial charge in [0.1, 0.15) is 11.3 Å². The molecule has 1 atom stereocenters. The molecule has 1 amide bonds. The summed E-state index contributed by atoms with van der Waals surface area (Å²) in [5, 5.41) is 0.799. The summed E-state index contributed by atoms with van der Waals surface area (Å²) in [6.07, 6.45) is 0.751. The van der Waals surface area contributed by atoms with Crippen LogP contribution in [0, 0.1) is 5.92 Å². The van der Waals surface area contributed by atoms with Crippen LogP contribution in [-0.2, 0) is 4.79 Å². The maximum atomic E-state index is 12.1. The monoisotopic (exact) mass is 332 g/mol. The molecule has 130 valence electrons. The molecule has 2 N–H and O–H groups in total. The summed E-state index contributed by atoms with van der Waals surface area (Å²) < 4.78 is 10.6. The van der Waals surface area contributed by atoms with Gasteiger partial charge in [-0.1, -0.05) is 13.8 Å². The van der Waals surface area contributed by atoms with Crippen molar-refractivity contribution in [1.29, 1.82) is 0 Å². The fourth-order valence-electron chi connectivity index (χ4n) is 2.19. The van der Waals surface area contributed by atoms with Crippen LogP contribution in [0.15, 0.2) is 39.5 Å². The summed E-state index contributed by atoms with van der Waals surface area (Å²) in [6.45, 7) is 4.64. The van der Waals surface area contributed by atoms with Crippen molar-refractivity contribution in [3.05, 3.63) is 40.8 Å². The summed E-state index contributed by atoms with van der Waals surface area (Å²) >= 11 is 0. The first-order chi connectivity index (χ1) is 11.4. The molecule has 0 bridgehead atoms. The van der Waals surface area contributed by atoms with Crippen LogP contribution in [0.5, 0.6) is 5.75 Å². The molecule has 2 rings (SSSR count). The van der Waals surface area contributed by atoms with Crippen molar-refractivity contribution in [2.24, 2.45) is 11.7 Å². The van der Waals surface area contributed by atoms with Gasteiger partial charge in [0, 0.05) is 37.2 Å². The van der Waals surface area contributed by atoms with Crippen LogP contribution in [0.25, 0.3) is 11.0 Å². The number of amides is 1. The van der Waals surface area contributed by atoms with Gasteiger partial charge in [0.05, 0.1) is 0 Å². The number of rotatable bonds is 7. The fourth-order valence-corrected chi connectivity index (χ4v) is 2.19. The standard InChI is InChI=1S/C18H24N2O4/c1-12(2)15(19)8-9-20(3)17(21)11-23-14-6-4-13-5-7-18(22)24-16(13)10-14/h4-7,10,12,15H,8-9,11,19H2,1-3H3. The van der Waals surface area contributed by atoms with Gasteiger partial charge in [-0.15, -0.1) is 0 Å². The highest BCUT2D eigenvalue weighted by Gasteiger charge is 2.13. The minimum atomic E-state index is -0.419. The molecule has 0 saturated heterocycles. The SMILES string of the molecule is CC(C)C(N)CCN(C)C(=O)COc1ccc2ccc(=O)oc2c1. The molecule has 0 aliphatic carbocycles. The molecule has 0 fully saturated rings. The summed E-state index contributed by atoms with van der Waals surface area (Å²) in [4.78, 5) is 25.0. The Morgan fingerprint density at radius 1 is 1.29 bits per heavy atom. The van der Waals surface area contributed by atoms with Crippen LogP contribution < -0.4 is 16.1 Å². The molecule has 1 heterocycles. The Balaban J connectivity index is 1.90. The molecule has 1 unspecified atom stereocenters. The van der Waals surface area contributed by atoms with Gasteiger partial charge in [0.15, 0.2) is 6.61 Å². The Hall–Kier alpha value is -2.34. The average Bonchev–Trinajstić information content (AvgIpc) is 2.56. The lowest BCUT2D eigenvalue weighted by molar-refractivity contribution is -0.132. The van der Waals surface area contributed by atoms with Crippen molar-refractivity contribution in [2.45, 2.75) is 26.3 Å². The van der Waals surface area contributed by atoms with E-state index in [-0.39, 0.29) is 18.6 Å². The highest BCUT2D eigenvalue weighted by atomic mass is 16.5. The molecule has 0 spiro atoms. The summed E-state index contributed by atoms with van der Waals surface area (Å²) in [5.74, 6) is 0.745. The van der Waals surface area contributed by atoms with E-state index in [9.17, 15) is 9.59 Å². The molecule has 0 aliphatic rings. The average molecular weight is 332 g/mol. The Bertz CT molecular complexity index is 754. The largest absolute Gasteiger partial charge is 0.484 e. The van der Waals surface area contributed by atoms with Crippen LogP contribution in [0.4, 0.5) is 0 Å². The van der Waals surface area contributed by atoms with Crippen molar-refractivity contribution >= 4 is 16.9 Å². The molecular weight excluding hydrogens is 308 g/mol. The first kappa shape index (κ1) is 18.0.